The zero-order valence-electron chi connectivity index (χ0n) is 15.4. The van der Waals surface area contributed by atoms with Crippen LogP contribution in [-0.4, -0.2) is 65.7 Å². The minimum atomic E-state index is 0.651. The van der Waals surface area contributed by atoms with Gasteiger partial charge in [-0.25, -0.2) is 0 Å². The van der Waals surface area contributed by atoms with E-state index < -0.39 is 0 Å². The Hall–Kier alpha value is -0.850. The lowest BCUT2D eigenvalue weighted by Gasteiger charge is -2.11. The van der Waals surface area contributed by atoms with Crippen LogP contribution in [0.2, 0.25) is 0 Å². The lowest BCUT2D eigenvalue weighted by atomic mass is 10.2. The van der Waals surface area contributed by atoms with Gasteiger partial charge in [0.25, 0.3) is 0 Å². The number of methoxy groups -OCH3 is 1. The molecule has 0 fully saturated rings. The van der Waals surface area contributed by atoms with Crippen LogP contribution in [0.4, 0.5) is 0 Å². The Morgan fingerprint density at radius 1 is 0.826 bits per heavy atom. The van der Waals surface area contributed by atoms with Crippen molar-refractivity contribution in [3.05, 3.63) is 0 Å². The van der Waals surface area contributed by atoms with Gasteiger partial charge >= 0.3 is 0 Å². The van der Waals surface area contributed by atoms with E-state index in [-0.39, 0.29) is 0 Å². The van der Waals surface area contributed by atoms with Crippen LogP contribution >= 0.6 is 0 Å². The maximum Gasteiger partial charge on any atom is 0.191 e. The van der Waals surface area contributed by atoms with E-state index >= 15 is 0 Å². The van der Waals surface area contributed by atoms with Crippen LogP contribution in [0.5, 0.6) is 0 Å². The van der Waals surface area contributed by atoms with Gasteiger partial charge in [0, 0.05) is 40.0 Å². The fourth-order valence-electron chi connectivity index (χ4n) is 1.88. The molecule has 0 aliphatic carbocycles. The second kappa shape index (κ2) is 19.2. The smallest absolute Gasteiger partial charge is 0.191 e. The fourth-order valence-corrected chi connectivity index (χ4v) is 1.88. The molecule has 138 valence electrons. The summed E-state index contributed by atoms with van der Waals surface area (Å²) in [6.45, 7) is 10.3. The summed E-state index contributed by atoms with van der Waals surface area (Å²) in [5.74, 6) is 0.863. The molecule has 0 radical (unpaired) electrons. The van der Waals surface area contributed by atoms with Gasteiger partial charge in [0.1, 0.15) is 0 Å². The summed E-state index contributed by atoms with van der Waals surface area (Å²) in [5, 5.41) is 6.53. The molecule has 0 spiro atoms. The van der Waals surface area contributed by atoms with Crippen molar-refractivity contribution < 1.29 is 14.2 Å². The van der Waals surface area contributed by atoms with Gasteiger partial charge in [-0.3, -0.25) is 4.99 Å². The summed E-state index contributed by atoms with van der Waals surface area (Å²) in [4.78, 5) is 4.55. The zero-order valence-corrected chi connectivity index (χ0v) is 15.4. The summed E-state index contributed by atoms with van der Waals surface area (Å²) in [6, 6.07) is 0. The Morgan fingerprint density at radius 3 is 2.30 bits per heavy atom. The van der Waals surface area contributed by atoms with Crippen molar-refractivity contribution in [3.8, 4) is 0 Å². The molecule has 0 aliphatic rings. The topological polar surface area (TPSA) is 64.1 Å². The number of nitrogens with zero attached hydrogens (tertiary/aromatic N) is 1. The van der Waals surface area contributed by atoms with E-state index in [1.54, 1.807) is 7.11 Å². The van der Waals surface area contributed by atoms with Crippen LogP contribution < -0.4 is 10.6 Å². The minimum absolute atomic E-state index is 0.651. The average molecular weight is 332 g/mol. The van der Waals surface area contributed by atoms with Crippen molar-refractivity contribution in [1.82, 2.24) is 10.6 Å². The van der Waals surface area contributed by atoms with Crippen LogP contribution in [0.15, 0.2) is 4.99 Å². The largest absolute Gasteiger partial charge is 0.385 e. The van der Waals surface area contributed by atoms with E-state index in [9.17, 15) is 0 Å². The number of ether oxygens (including phenoxy) is 3. The van der Waals surface area contributed by atoms with E-state index in [0.717, 1.165) is 64.5 Å². The molecular weight excluding hydrogens is 294 g/mol. The van der Waals surface area contributed by atoms with E-state index in [0.29, 0.717) is 19.8 Å². The molecule has 0 aliphatic heterocycles. The number of aliphatic imine (C=N–C) groups is 1. The zero-order chi connectivity index (χ0) is 17.0. The quantitative estimate of drug-likeness (QED) is 0.258. The van der Waals surface area contributed by atoms with Crippen molar-refractivity contribution >= 4 is 5.96 Å². The lowest BCUT2D eigenvalue weighted by Crippen LogP contribution is -2.39. The lowest BCUT2D eigenvalue weighted by molar-refractivity contribution is 0.0487. The van der Waals surface area contributed by atoms with Crippen LogP contribution in [0.25, 0.3) is 0 Å². The molecule has 0 unspecified atom stereocenters. The number of nitrogens with one attached hydrogen (secondary N) is 2. The normalized spacial score (nSPS) is 11.7. The van der Waals surface area contributed by atoms with Crippen molar-refractivity contribution in [3.63, 3.8) is 0 Å². The maximum atomic E-state index is 5.53. The molecule has 0 amide bonds. The van der Waals surface area contributed by atoms with Gasteiger partial charge in [-0.1, -0.05) is 13.3 Å². The van der Waals surface area contributed by atoms with Crippen LogP contribution in [0, 0.1) is 0 Å². The molecule has 6 heteroatoms. The van der Waals surface area contributed by atoms with Gasteiger partial charge in [0.2, 0.25) is 0 Å². The summed E-state index contributed by atoms with van der Waals surface area (Å²) in [6.07, 6.45) is 5.63. The SMILES string of the molecule is CCCCOCCOCCNC(=NCCCCCOC)NCC. The predicted octanol–water partition coefficient (Wildman–Crippen LogP) is 2.19. The monoisotopic (exact) mass is 331 g/mol. The highest BCUT2D eigenvalue weighted by Gasteiger charge is 1.97. The van der Waals surface area contributed by atoms with Crippen molar-refractivity contribution in [2.45, 2.75) is 46.0 Å². The Morgan fingerprint density at radius 2 is 1.61 bits per heavy atom. The van der Waals surface area contributed by atoms with Gasteiger partial charge in [-0.05, 0) is 32.6 Å². The Kier molecular flexibility index (Phi) is 18.5. The molecule has 6 nitrogen and oxygen atoms in total. The number of rotatable bonds is 16. The maximum absolute atomic E-state index is 5.53. The van der Waals surface area contributed by atoms with Crippen molar-refractivity contribution in [2.75, 3.05) is 59.8 Å². The first-order chi connectivity index (χ1) is 11.3. The molecule has 0 rings (SSSR count). The molecule has 0 aromatic heterocycles. The molecule has 0 bridgehead atoms. The summed E-state index contributed by atoms with van der Waals surface area (Å²) in [7, 11) is 1.74. The highest BCUT2D eigenvalue weighted by Crippen LogP contribution is 1.95. The molecule has 23 heavy (non-hydrogen) atoms. The highest BCUT2D eigenvalue weighted by molar-refractivity contribution is 5.79. The number of unbranched alkanes of at least 4 members (excludes halogenated alkanes) is 3. The van der Waals surface area contributed by atoms with Crippen LogP contribution in [0.1, 0.15) is 46.0 Å². The molecular formula is C17H37N3O3. The third-order valence-electron chi connectivity index (χ3n) is 3.17. The first kappa shape index (κ1) is 22.1. The van der Waals surface area contributed by atoms with E-state index in [1.165, 1.54) is 6.42 Å². The van der Waals surface area contributed by atoms with Crippen molar-refractivity contribution in [2.24, 2.45) is 4.99 Å². The summed E-state index contributed by atoms with van der Waals surface area (Å²) in [5.41, 5.74) is 0. The average Bonchev–Trinajstić information content (AvgIpc) is 2.56. The fraction of sp³-hybridized carbons (Fsp3) is 0.941. The highest BCUT2D eigenvalue weighted by atomic mass is 16.5. The molecule has 0 aromatic rings. The third-order valence-corrected chi connectivity index (χ3v) is 3.17. The summed E-state index contributed by atoms with van der Waals surface area (Å²) >= 11 is 0. The van der Waals surface area contributed by atoms with E-state index in [4.69, 9.17) is 14.2 Å². The standard InChI is InChI=1S/C17H37N3O3/c1-4-6-13-22-15-16-23-14-11-20-17(18-5-2)19-10-8-7-9-12-21-3/h4-16H2,1-3H3,(H2,18,19,20). The molecule has 0 aromatic carbocycles. The molecule has 0 atom stereocenters. The third kappa shape index (κ3) is 17.3. The van der Waals surface area contributed by atoms with Gasteiger partial charge in [0.05, 0.1) is 19.8 Å². The number of hydrogen-bond acceptors (Lipinski definition) is 4. The van der Waals surface area contributed by atoms with Gasteiger partial charge in [0.15, 0.2) is 5.96 Å². The van der Waals surface area contributed by atoms with Crippen LogP contribution in [-0.2, 0) is 14.2 Å². The Balaban J connectivity index is 3.55. The first-order valence-electron chi connectivity index (χ1n) is 9.01. The van der Waals surface area contributed by atoms with E-state index in [1.807, 2.05) is 0 Å². The molecule has 0 heterocycles. The Bertz CT molecular complexity index is 263. The molecule has 2 N–H and O–H groups in total. The first-order valence-corrected chi connectivity index (χ1v) is 9.01. The predicted molar refractivity (Wildman–Crippen MR) is 96.3 cm³/mol. The molecule has 0 saturated heterocycles. The van der Waals surface area contributed by atoms with Gasteiger partial charge in [-0.2, -0.15) is 0 Å². The minimum Gasteiger partial charge on any atom is -0.385 e. The number of hydrogen-bond donors (Lipinski definition) is 2. The molecule has 0 saturated carbocycles. The number of guanidine groups is 1. The summed E-state index contributed by atoms with van der Waals surface area (Å²) < 4.78 is 16.0. The second-order valence-corrected chi connectivity index (χ2v) is 5.32. The van der Waals surface area contributed by atoms with Gasteiger partial charge < -0.3 is 24.8 Å². The Labute approximate surface area is 142 Å². The second-order valence-electron chi connectivity index (χ2n) is 5.32. The van der Waals surface area contributed by atoms with Crippen molar-refractivity contribution in [1.29, 1.82) is 0 Å². The van der Waals surface area contributed by atoms with Gasteiger partial charge in [-0.15, -0.1) is 0 Å². The van der Waals surface area contributed by atoms with E-state index in [2.05, 4.69) is 29.5 Å². The van der Waals surface area contributed by atoms with Crippen LogP contribution in [0.3, 0.4) is 0 Å².